The van der Waals surface area contributed by atoms with Crippen LogP contribution in [0.4, 0.5) is 21.6 Å². The fourth-order valence-corrected chi connectivity index (χ4v) is 2.96. The number of amides is 1. The van der Waals surface area contributed by atoms with Crippen molar-refractivity contribution in [1.82, 2.24) is 9.88 Å². The summed E-state index contributed by atoms with van der Waals surface area (Å²) >= 11 is 0. The number of nitrogens with zero attached hydrogens (tertiary/aromatic N) is 1. The summed E-state index contributed by atoms with van der Waals surface area (Å²) < 4.78 is 21.6. The third-order valence-electron chi connectivity index (χ3n) is 4.78. The smallest absolute Gasteiger partial charge is 0.258 e. The number of nitrogen functional groups attached to an aromatic ring is 1. The number of pyridine rings is 1. The van der Waals surface area contributed by atoms with Crippen LogP contribution in [0.1, 0.15) is 49.2 Å². The lowest BCUT2D eigenvalue weighted by molar-refractivity contribution is 0.0961. The molecule has 1 aromatic heterocycles. The predicted octanol–water partition coefficient (Wildman–Crippen LogP) is 5.67. The number of hydrogen-bond donors (Lipinski definition) is 3. The molecule has 0 bridgehead atoms. The van der Waals surface area contributed by atoms with Gasteiger partial charge in [0.05, 0.1) is 5.69 Å². The lowest BCUT2D eigenvalue weighted by atomic mass is 10.1. The molecule has 3 aromatic rings. The topological polar surface area (TPSA) is 98.4 Å². The molecule has 0 atom stereocenters. The zero-order valence-corrected chi connectivity index (χ0v) is 21.2. The molecule has 0 radical (unpaired) electrons. The van der Waals surface area contributed by atoms with Crippen LogP contribution >= 0.6 is 0 Å². The molecule has 0 saturated carbocycles. The Bertz CT molecular complexity index is 1190. The molecular weight excluding hydrogens is 435 g/mol. The van der Waals surface area contributed by atoms with Crippen molar-refractivity contribution in [2.24, 2.45) is 7.05 Å². The highest BCUT2D eigenvalue weighted by atomic mass is 19.1. The fraction of sp³-hybridized carbons (Fsp3) is 0.308. The first-order chi connectivity index (χ1) is 16.2. The molecule has 0 spiro atoms. The van der Waals surface area contributed by atoms with Crippen molar-refractivity contribution in [2.75, 3.05) is 18.1 Å². The lowest BCUT2D eigenvalue weighted by Crippen LogP contribution is -2.27. The predicted molar refractivity (Wildman–Crippen MR) is 138 cm³/mol. The van der Waals surface area contributed by atoms with Gasteiger partial charge in [0.15, 0.2) is 0 Å². The second kappa shape index (κ2) is 13.0. The Kier molecular flexibility index (Phi) is 10.8. The molecule has 1 amide bonds. The SMILES string of the molecule is CC.CC.CNC(=O)c1c(Oc2cccc(N)c2C)cc(=O)n(C)c1Nc1ccc(C)cc1F. The first kappa shape index (κ1) is 28.2. The van der Waals surface area contributed by atoms with E-state index < -0.39 is 17.3 Å². The first-order valence-electron chi connectivity index (χ1n) is 11.2. The summed E-state index contributed by atoms with van der Waals surface area (Å²) in [5.74, 6) is -0.483. The number of rotatable bonds is 5. The number of benzene rings is 2. The van der Waals surface area contributed by atoms with Crippen LogP contribution in [-0.4, -0.2) is 17.5 Å². The van der Waals surface area contributed by atoms with Gasteiger partial charge in [-0.1, -0.05) is 39.8 Å². The summed E-state index contributed by atoms with van der Waals surface area (Å²) in [6, 6.07) is 10.9. The third-order valence-corrected chi connectivity index (χ3v) is 4.78. The Labute approximate surface area is 200 Å². The molecule has 0 aliphatic carbocycles. The van der Waals surface area contributed by atoms with E-state index >= 15 is 0 Å². The van der Waals surface area contributed by atoms with E-state index in [-0.39, 0.29) is 22.8 Å². The standard InChI is InChI=1S/C22H23FN4O3.2C2H6/c1-12-8-9-16(14(23)10-12)26-21-20(22(29)25-3)18(11-19(28)27(21)4)30-17-7-5-6-15(24)13(17)2;2*1-2/h5-11,26H,24H2,1-4H3,(H,25,29);2*1-2H3. The molecule has 3 rings (SSSR count). The summed E-state index contributed by atoms with van der Waals surface area (Å²) in [6.45, 7) is 11.5. The summed E-state index contributed by atoms with van der Waals surface area (Å²) in [7, 11) is 2.94. The number of ether oxygens (including phenoxy) is 1. The van der Waals surface area contributed by atoms with Crippen LogP contribution < -0.4 is 26.7 Å². The van der Waals surface area contributed by atoms with Gasteiger partial charge in [0.1, 0.15) is 28.7 Å². The molecule has 1 heterocycles. The van der Waals surface area contributed by atoms with Gasteiger partial charge in [-0.25, -0.2) is 4.39 Å². The Morgan fingerprint density at radius 3 is 2.26 bits per heavy atom. The van der Waals surface area contributed by atoms with Gasteiger partial charge in [-0.3, -0.25) is 14.2 Å². The summed E-state index contributed by atoms with van der Waals surface area (Å²) in [5.41, 5.74) is 7.60. The Hall–Kier alpha value is -3.81. The maximum absolute atomic E-state index is 14.4. The number of anilines is 3. The van der Waals surface area contributed by atoms with Crippen molar-refractivity contribution < 1.29 is 13.9 Å². The third kappa shape index (κ3) is 6.37. The second-order valence-electron chi connectivity index (χ2n) is 6.89. The van der Waals surface area contributed by atoms with E-state index in [1.165, 1.54) is 30.8 Å². The highest BCUT2D eigenvalue weighted by molar-refractivity contribution is 6.02. The van der Waals surface area contributed by atoms with Gasteiger partial charge in [0.2, 0.25) is 0 Å². The maximum Gasteiger partial charge on any atom is 0.258 e. The fourth-order valence-electron chi connectivity index (χ4n) is 2.96. The molecule has 184 valence electrons. The van der Waals surface area contributed by atoms with Crippen molar-refractivity contribution in [1.29, 1.82) is 0 Å². The van der Waals surface area contributed by atoms with E-state index in [0.717, 1.165) is 5.56 Å². The summed E-state index contributed by atoms with van der Waals surface area (Å²) in [6.07, 6.45) is 0. The minimum atomic E-state index is -0.511. The van der Waals surface area contributed by atoms with Gasteiger partial charge in [0.25, 0.3) is 11.5 Å². The normalized spacial score (nSPS) is 9.68. The van der Waals surface area contributed by atoms with Crippen molar-refractivity contribution in [3.8, 4) is 11.5 Å². The molecule has 34 heavy (non-hydrogen) atoms. The molecule has 0 fully saturated rings. The molecule has 0 aliphatic rings. The number of nitrogens with two attached hydrogens (primary N) is 1. The minimum absolute atomic E-state index is 0.0289. The van der Waals surface area contributed by atoms with Crippen LogP contribution in [-0.2, 0) is 7.05 Å². The van der Waals surface area contributed by atoms with E-state index in [4.69, 9.17) is 10.5 Å². The van der Waals surface area contributed by atoms with Crippen molar-refractivity contribution in [3.05, 3.63) is 75.3 Å². The Balaban J connectivity index is 0.00000137. The zero-order chi connectivity index (χ0) is 26.0. The van der Waals surface area contributed by atoms with Crippen LogP contribution in [0.2, 0.25) is 0 Å². The Morgan fingerprint density at radius 1 is 1.03 bits per heavy atom. The van der Waals surface area contributed by atoms with Crippen LogP contribution in [0.3, 0.4) is 0 Å². The van der Waals surface area contributed by atoms with E-state index in [9.17, 15) is 14.0 Å². The molecule has 7 nitrogen and oxygen atoms in total. The van der Waals surface area contributed by atoms with Crippen molar-refractivity contribution >= 4 is 23.1 Å². The highest BCUT2D eigenvalue weighted by Crippen LogP contribution is 2.34. The van der Waals surface area contributed by atoms with E-state index in [1.54, 1.807) is 44.2 Å². The van der Waals surface area contributed by atoms with Crippen molar-refractivity contribution in [2.45, 2.75) is 41.5 Å². The molecule has 2 aromatic carbocycles. The van der Waals surface area contributed by atoms with Gasteiger partial charge >= 0.3 is 0 Å². The molecule has 0 unspecified atom stereocenters. The van der Waals surface area contributed by atoms with Crippen LogP contribution in [0.5, 0.6) is 11.5 Å². The minimum Gasteiger partial charge on any atom is -0.456 e. The van der Waals surface area contributed by atoms with Crippen molar-refractivity contribution in [3.63, 3.8) is 0 Å². The molecule has 0 saturated heterocycles. The second-order valence-corrected chi connectivity index (χ2v) is 6.89. The average molecular weight is 471 g/mol. The number of carbonyl (C=O) groups excluding carboxylic acids is 1. The van der Waals surface area contributed by atoms with Gasteiger partial charge in [-0.15, -0.1) is 0 Å². The quantitative estimate of drug-likeness (QED) is 0.417. The maximum atomic E-state index is 14.4. The number of aryl methyl sites for hydroxylation is 1. The number of halogens is 1. The highest BCUT2D eigenvalue weighted by Gasteiger charge is 2.23. The summed E-state index contributed by atoms with van der Waals surface area (Å²) in [5, 5.41) is 5.40. The molecule has 0 aliphatic heterocycles. The molecule has 4 N–H and O–H groups in total. The van der Waals surface area contributed by atoms with Crippen LogP contribution in [0, 0.1) is 19.7 Å². The number of aromatic nitrogens is 1. The van der Waals surface area contributed by atoms with Gasteiger partial charge < -0.3 is 21.1 Å². The van der Waals surface area contributed by atoms with E-state index in [2.05, 4.69) is 10.6 Å². The number of carbonyl (C=O) groups is 1. The number of nitrogens with one attached hydrogen (secondary N) is 2. The van der Waals surface area contributed by atoms with Crippen LogP contribution in [0.15, 0.2) is 47.3 Å². The molecule has 8 heteroatoms. The van der Waals surface area contributed by atoms with Crippen LogP contribution in [0.25, 0.3) is 0 Å². The summed E-state index contributed by atoms with van der Waals surface area (Å²) in [4.78, 5) is 25.3. The Morgan fingerprint density at radius 2 is 1.68 bits per heavy atom. The van der Waals surface area contributed by atoms with Gasteiger partial charge in [-0.05, 0) is 43.7 Å². The van der Waals surface area contributed by atoms with E-state index in [0.29, 0.717) is 17.0 Å². The largest absolute Gasteiger partial charge is 0.456 e. The number of hydrogen-bond acceptors (Lipinski definition) is 5. The monoisotopic (exact) mass is 470 g/mol. The van der Waals surface area contributed by atoms with Gasteiger partial charge in [-0.2, -0.15) is 0 Å². The van der Waals surface area contributed by atoms with Gasteiger partial charge in [0, 0.05) is 31.4 Å². The average Bonchev–Trinajstić information content (AvgIpc) is 2.84. The first-order valence-corrected chi connectivity index (χ1v) is 11.2. The molecular formula is C26H35FN4O3. The zero-order valence-electron chi connectivity index (χ0n) is 21.2. The van der Waals surface area contributed by atoms with E-state index in [1.807, 2.05) is 27.7 Å². The lowest BCUT2D eigenvalue weighted by Gasteiger charge is -2.19.